The maximum atomic E-state index is 13.1. The molecule has 4 aromatic rings. The summed E-state index contributed by atoms with van der Waals surface area (Å²) >= 11 is 0. The van der Waals surface area contributed by atoms with Gasteiger partial charge in [0.05, 0.1) is 12.8 Å². The third-order valence-corrected chi connectivity index (χ3v) is 4.46. The zero-order valence-electron chi connectivity index (χ0n) is 16.7. The number of carbonyl (C=O) groups excluding carboxylic acids is 1. The molecule has 0 radical (unpaired) electrons. The van der Waals surface area contributed by atoms with Crippen LogP contribution in [0.2, 0.25) is 0 Å². The molecule has 0 saturated carbocycles. The Morgan fingerprint density at radius 1 is 1.13 bits per heavy atom. The zero-order chi connectivity index (χ0) is 21.8. The van der Waals surface area contributed by atoms with Gasteiger partial charge in [-0.2, -0.15) is 9.78 Å². The Morgan fingerprint density at radius 3 is 2.52 bits per heavy atom. The number of methoxy groups -OCH3 is 1. The van der Waals surface area contributed by atoms with Gasteiger partial charge in [0.2, 0.25) is 11.6 Å². The van der Waals surface area contributed by atoms with Gasteiger partial charge in [-0.1, -0.05) is 35.5 Å². The highest BCUT2D eigenvalue weighted by Crippen LogP contribution is 2.24. The first kappa shape index (κ1) is 19.8. The predicted molar refractivity (Wildman–Crippen MR) is 112 cm³/mol. The maximum Gasteiger partial charge on any atom is 0.292 e. The molecule has 0 fully saturated rings. The monoisotopic (exact) mass is 418 g/mol. The van der Waals surface area contributed by atoms with Gasteiger partial charge < -0.3 is 10.5 Å². The number of nitrogens with zero attached hydrogens (tertiary/aromatic N) is 6. The van der Waals surface area contributed by atoms with Gasteiger partial charge in [0.25, 0.3) is 5.91 Å². The van der Waals surface area contributed by atoms with Crippen molar-refractivity contribution in [2.75, 3.05) is 12.8 Å². The minimum atomic E-state index is -0.556. The first-order chi connectivity index (χ1) is 15.1. The topological polar surface area (TPSA) is 146 Å². The standard InChI is InChI=1S/C20H18N8O3/c1-12(13-8-10-15(30-2)11-9-13)22-24-20(29)17-16(14-6-4-3-5-7-14)23-27-28(17)19-18(21)25-31-26-19/h3-11H,1-2H3,(H2,21,25)(H,24,29)/b22-12+. The number of carbonyl (C=O) groups is 1. The summed E-state index contributed by atoms with van der Waals surface area (Å²) in [4.78, 5) is 13.1. The molecule has 2 aromatic heterocycles. The van der Waals surface area contributed by atoms with Crippen LogP contribution in [0.3, 0.4) is 0 Å². The van der Waals surface area contributed by atoms with Crippen LogP contribution < -0.4 is 15.9 Å². The minimum absolute atomic E-state index is 0.0310. The lowest BCUT2D eigenvalue weighted by atomic mass is 10.1. The van der Waals surface area contributed by atoms with Gasteiger partial charge in [0.15, 0.2) is 5.69 Å². The smallest absolute Gasteiger partial charge is 0.292 e. The fourth-order valence-electron chi connectivity index (χ4n) is 2.85. The Balaban J connectivity index is 1.69. The SMILES string of the molecule is COc1ccc(/C(C)=N/NC(=O)c2c(-c3ccccc3)nnn2-c2nonc2N)cc1. The highest BCUT2D eigenvalue weighted by molar-refractivity contribution is 6.02. The van der Waals surface area contributed by atoms with Gasteiger partial charge in [0, 0.05) is 5.56 Å². The third-order valence-electron chi connectivity index (χ3n) is 4.46. The molecule has 11 nitrogen and oxygen atoms in total. The number of amides is 1. The highest BCUT2D eigenvalue weighted by Gasteiger charge is 2.25. The van der Waals surface area contributed by atoms with Crippen molar-refractivity contribution >= 4 is 17.4 Å². The minimum Gasteiger partial charge on any atom is -0.497 e. The number of hydrazone groups is 1. The molecule has 0 spiro atoms. The predicted octanol–water partition coefficient (Wildman–Crippen LogP) is 2.06. The first-order valence-corrected chi connectivity index (χ1v) is 9.17. The fraction of sp³-hybridized carbons (Fsp3) is 0.100. The molecule has 31 heavy (non-hydrogen) atoms. The van der Waals surface area contributed by atoms with E-state index in [1.54, 1.807) is 26.2 Å². The van der Waals surface area contributed by atoms with Gasteiger partial charge in [0.1, 0.15) is 11.4 Å². The summed E-state index contributed by atoms with van der Waals surface area (Å²) in [6.45, 7) is 1.77. The van der Waals surface area contributed by atoms with Gasteiger partial charge >= 0.3 is 0 Å². The molecule has 0 saturated heterocycles. The summed E-state index contributed by atoms with van der Waals surface area (Å²) in [5.41, 5.74) is 10.8. The fourth-order valence-corrected chi connectivity index (χ4v) is 2.85. The van der Waals surface area contributed by atoms with E-state index in [0.29, 0.717) is 17.0 Å². The molecule has 0 unspecified atom stereocenters. The van der Waals surface area contributed by atoms with Crippen molar-refractivity contribution < 1.29 is 14.2 Å². The number of nitrogen functional groups attached to an aromatic ring is 1. The van der Waals surface area contributed by atoms with Gasteiger partial charge in [-0.05, 0) is 47.1 Å². The number of benzene rings is 2. The van der Waals surface area contributed by atoms with Crippen molar-refractivity contribution in [2.24, 2.45) is 5.10 Å². The van der Waals surface area contributed by atoms with E-state index in [1.165, 1.54) is 4.68 Å². The molecule has 11 heteroatoms. The second kappa shape index (κ2) is 8.45. The van der Waals surface area contributed by atoms with Crippen LogP contribution in [0.1, 0.15) is 23.0 Å². The molecule has 0 aliphatic heterocycles. The van der Waals surface area contributed by atoms with E-state index in [0.717, 1.165) is 11.3 Å². The summed E-state index contributed by atoms with van der Waals surface area (Å²) in [6, 6.07) is 16.4. The molecular formula is C20H18N8O3. The number of rotatable bonds is 6. The van der Waals surface area contributed by atoms with Gasteiger partial charge in [-0.25, -0.2) is 10.1 Å². The average molecular weight is 418 g/mol. The van der Waals surface area contributed by atoms with Crippen LogP contribution in [0.25, 0.3) is 17.1 Å². The lowest BCUT2D eigenvalue weighted by Crippen LogP contribution is -2.23. The Hall–Kier alpha value is -4.54. The van der Waals surface area contributed by atoms with Crippen LogP contribution in [0.5, 0.6) is 5.75 Å². The maximum absolute atomic E-state index is 13.1. The Kier molecular flexibility index (Phi) is 5.39. The van der Waals surface area contributed by atoms with Crippen molar-refractivity contribution in [3.63, 3.8) is 0 Å². The second-order valence-electron chi connectivity index (χ2n) is 6.40. The number of hydrogen-bond acceptors (Lipinski definition) is 9. The van der Waals surface area contributed by atoms with Crippen LogP contribution in [0.4, 0.5) is 5.82 Å². The van der Waals surface area contributed by atoms with Crippen molar-refractivity contribution in [3.05, 3.63) is 65.9 Å². The molecule has 4 rings (SSSR count). The number of nitrogens with one attached hydrogen (secondary N) is 1. The molecule has 1 amide bonds. The van der Waals surface area contributed by atoms with Crippen LogP contribution in [0, 0.1) is 0 Å². The lowest BCUT2D eigenvalue weighted by molar-refractivity contribution is 0.0947. The van der Waals surface area contributed by atoms with E-state index >= 15 is 0 Å². The third kappa shape index (κ3) is 3.96. The molecule has 0 atom stereocenters. The quantitative estimate of drug-likeness (QED) is 0.357. The number of ether oxygens (including phenoxy) is 1. The Morgan fingerprint density at radius 2 is 1.87 bits per heavy atom. The highest BCUT2D eigenvalue weighted by atomic mass is 16.6. The van der Waals surface area contributed by atoms with E-state index in [-0.39, 0.29) is 17.3 Å². The molecular weight excluding hydrogens is 400 g/mol. The van der Waals surface area contributed by atoms with Crippen molar-refractivity contribution in [3.8, 4) is 22.8 Å². The molecule has 0 aliphatic carbocycles. The summed E-state index contributed by atoms with van der Waals surface area (Å²) in [6.07, 6.45) is 0. The number of nitrogens with two attached hydrogens (primary N) is 1. The van der Waals surface area contributed by atoms with Crippen LogP contribution in [0.15, 0.2) is 64.3 Å². The van der Waals surface area contributed by atoms with Crippen molar-refractivity contribution in [2.45, 2.75) is 6.92 Å². The first-order valence-electron chi connectivity index (χ1n) is 9.17. The van der Waals surface area contributed by atoms with Crippen molar-refractivity contribution in [1.29, 1.82) is 0 Å². The normalized spacial score (nSPS) is 11.4. The Bertz CT molecular complexity index is 1230. The van der Waals surface area contributed by atoms with Crippen LogP contribution >= 0.6 is 0 Å². The average Bonchev–Trinajstić information content (AvgIpc) is 3.43. The summed E-state index contributed by atoms with van der Waals surface area (Å²) in [5, 5.41) is 19.6. The molecule has 3 N–H and O–H groups in total. The number of hydrogen-bond donors (Lipinski definition) is 2. The second-order valence-corrected chi connectivity index (χ2v) is 6.40. The van der Waals surface area contributed by atoms with E-state index in [4.69, 9.17) is 10.5 Å². The molecule has 0 bridgehead atoms. The zero-order valence-corrected chi connectivity index (χ0v) is 16.7. The van der Waals surface area contributed by atoms with Crippen LogP contribution in [-0.4, -0.2) is 44.0 Å². The van der Waals surface area contributed by atoms with E-state index < -0.39 is 5.91 Å². The molecule has 2 aromatic carbocycles. The molecule has 156 valence electrons. The number of aromatic nitrogens is 5. The summed E-state index contributed by atoms with van der Waals surface area (Å²) in [5.74, 6) is 0.188. The Labute approximate surface area is 176 Å². The van der Waals surface area contributed by atoms with Gasteiger partial charge in [-0.15, -0.1) is 5.10 Å². The molecule has 2 heterocycles. The number of anilines is 1. The van der Waals surface area contributed by atoms with Crippen molar-refractivity contribution in [1.82, 2.24) is 30.7 Å². The molecule has 0 aliphatic rings. The lowest BCUT2D eigenvalue weighted by Gasteiger charge is -2.06. The van der Waals surface area contributed by atoms with E-state index in [1.807, 2.05) is 42.5 Å². The van der Waals surface area contributed by atoms with Crippen LogP contribution in [-0.2, 0) is 0 Å². The largest absolute Gasteiger partial charge is 0.497 e. The van der Waals surface area contributed by atoms with Gasteiger partial charge in [-0.3, -0.25) is 4.79 Å². The van der Waals surface area contributed by atoms with E-state index in [9.17, 15) is 4.79 Å². The summed E-state index contributed by atoms with van der Waals surface area (Å²) in [7, 11) is 1.59. The summed E-state index contributed by atoms with van der Waals surface area (Å²) < 4.78 is 11.0. The van der Waals surface area contributed by atoms with E-state index in [2.05, 4.69) is 35.8 Å².